The highest BCUT2D eigenvalue weighted by atomic mass is 16.3. The molecule has 3 heterocycles. The summed E-state index contributed by atoms with van der Waals surface area (Å²) in [6, 6.07) is 4.32. The van der Waals surface area contributed by atoms with Gasteiger partial charge in [0.2, 0.25) is 0 Å². The van der Waals surface area contributed by atoms with Crippen molar-refractivity contribution in [2.75, 3.05) is 38.1 Å². The lowest BCUT2D eigenvalue weighted by molar-refractivity contribution is -0.128. The lowest BCUT2D eigenvalue weighted by atomic mass is 9.76. The van der Waals surface area contributed by atoms with Gasteiger partial charge in [0.15, 0.2) is 0 Å². The molecule has 1 atom stereocenters. The number of likely N-dealkylation sites (N-methyl/N-ethyl adjacent to an activating group) is 1. The van der Waals surface area contributed by atoms with Gasteiger partial charge in [0.25, 0.3) is 0 Å². The van der Waals surface area contributed by atoms with Crippen molar-refractivity contribution in [3.63, 3.8) is 0 Å². The van der Waals surface area contributed by atoms with Gasteiger partial charge < -0.3 is 14.9 Å². The fraction of sp³-hybridized carbons (Fsp3) is 0.706. The Hall–Kier alpha value is -1.13. The molecule has 1 N–H and O–H groups in total. The standard InChI is InChI=1S/C17H27N3O/c1-13(2)16-7-6-15(9-18-16)20-8-4-5-14(10-20)17(21)11-19(3)12-17/h6-7,9,13-14,21H,4-5,8,10-12H2,1-3H3. The van der Waals surface area contributed by atoms with Crippen LogP contribution in [-0.4, -0.2) is 53.8 Å². The summed E-state index contributed by atoms with van der Waals surface area (Å²) in [5, 5.41) is 10.7. The Kier molecular flexibility index (Phi) is 3.93. The third-order valence-electron chi connectivity index (χ3n) is 5.00. The molecule has 2 fully saturated rings. The molecule has 1 unspecified atom stereocenters. The van der Waals surface area contributed by atoms with Gasteiger partial charge in [0.1, 0.15) is 0 Å². The maximum atomic E-state index is 10.7. The fourth-order valence-electron chi connectivity index (χ4n) is 3.72. The highest BCUT2D eigenvalue weighted by molar-refractivity contribution is 5.45. The molecule has 0 bridgehead atoms. The molecule has 0 aliphatic carbocycles. The molecule has 0 saturated carbocycles. The van der Waals surface area contributed by atoms with E-state index in [1.165, 1.54) is 5.69 Å². The zero-order valence-electron chi connectivity index (χ0n) is 13.4. The maximum Gasteiger partial charge on any atom is 0.0944 e. The third-order valence-corrected chi connectivity index (χ3v) is 5.00. The van der Waals surface area contributed by atoms with E-state index in [2.05, 4.69) is 47.8 Å². The van der Waals surface area contributed by atoms with E-state index >= 15 is 0 Å². The predicted molar refractivity (Wildman–Crippen MR) is 85.7 cm³/mol. The average Bonchev–Trinajstić information content (AvgIpc) is 2.46. The topological polar surface area (TPSA) is 39.6 Å². The first-order valence-corrected chi connectivity index (χ1v) is 8.10. The van der Waals surface area contributed by atoms with Crippen molar-refractivity contribution < 1.29 is 5.11 Å². The minimum Gasteiger partial charge on any atom is -0.387 e. The number of nitrogens with zero attached hydrogens (tertiary/aromatic N) is 3. The minimum atomic E-state index is -0.473. The predicted octanol–water partition coefficient (Wildman–Crippen LogP) is 2.10. The number of rotatable bonds is 3. The van der Waals surface area contributed by atoms with E-state index in [4.69, 9.17) is 0 Å². The van der Waals surface area contributed by atoms with Crippen LogP contribution in [0.2, 0.25) is 0 Å². The molecule has 0 amide bonds. The number of anilines is 1. The Bertz CT molecular complexity index is 479. The van der Waals surface area contributed by atoms with Gasteiger partial charge in [-0.15, -0.1) is 0 Å². The summed E-state index contributed by atoms with van der Waals surface area (Å²) in [4.78, 5) is 9.16. The van der Waals surface area contributed by atoms with Crippen LogP contribution in [0.4, 0.5) is 5.69 Å². The first kappa shape index (κ1) is 14.8. The Morgan fingerprint density at radius 1 is 1.33 bits per heavy atom. The zero-order chi connectivity index (χ0) is 15.0. The van der Waals surface area contributed by atoms with Crippen LogP contribution in [0.25, 0.3) is 0 Å². The van der Waals surface area contributed by atoms with Crippen molar-refractivity contribution in [2.24, 2.45) is 5.92 Å². The normalized spacial score (nSPS) is 26.0. The molecule has 2 aliphatic rings. The van der Waals surface area contributed by atoms with Crippen LogP contribution in [-0.2, 0) is 0 Å². The second-order valence-electron chi connectivity index (χ2n) is 7.16. The van der Waals surface area contributed by atoms with Crippen molar-refractivity contribution in [1.29, 1.82) is 0 Å². The van der Waals surface area contributed by atoms with E-state index < -0.39 is 5.60 Å². The van der Waals surface area contributed by atoms with Crippen LogP contribution in [0.1, 0.15) is 38.3 Å². The quantitative estimate of drug-likeness (QED) is 0.925. The molecule has 116 valence electrons. The summed E-state index contributed by atoms with van der Waals surface area (Å²) >= 11 is 0. The number of hydrogen-bond donors (Lipinski definition) is 1. The van der Waals surface area contributed by atoms with Gasteiger partial charge in [-0.25, -0.2) is 0 Å². The Balaban J connectivity index is 1.68. The molecule has 0 radical (unpaired) electrons. The van der Waals surface area contributed by atoms with E-state index in [1.54, 1.807) is 0 Å². The molecule has 3 rings (SSSR count). The van der Waals surface area contributed by atoms with E-state index in [0.717, 1.165) is 44.7 Å². The minimum absolute atomic E-state index is 0.382. The van der Waals surface area contributed by atoms with Crippen LogP contribution >= 0.6 is 0 Å². The molecule has 21 heavy (non-hydrogen) atoms. The largest absolute Gasteiger partial charge is 0.387 e. The highest BCUT2D eigenvalue weighted by Crippen LogP contribution is 2.35. The Morgan fingerprint density at radius 3 is 2.67 bits per heavy atom. The second kappa shape index (κ2) is 5.58. The smallest absolute Gasteiger partial charge is 0.0944 e. The molecular formula is C17H27N3O. The van der Waals surface area contributed by atoms with Crippen LogP contribution in [0.3, 0.4) is 0 Å². The number of β-amino-alcohol motifs (C(OH)–C–C–N with tert-alkyl or cyclic N) is 1. The molecule has 2 saturated heterocycles. The van der Waals surface area contributed by atoms with Gasteiger partial charge in [-0.2, -0.15) is 0 Å². The molecule has 4 heteroatoms. The second-order valence-corrected chi connectivity index (χ2v) is 7.16. The van der Waals surface area contributed by atoms with Gasteiger partial charge in [0, 0.05) is 37.8 Å². The summed E-state index contributed by atoms with van der Waals surface area (Å²) in [5.41, 5.74) is 1.87. The van der Waals surface area contributed by atoms with Crippen LogP contribution in [0, 0.1) is 5.92 Å². The number of likely N-dealkylation sites (tertiary alicyclic amines) is 1. The first-order chi connectivity index (χ1) is 9.98. The highest BCUT2D eigenvalue weighted by Gasteiger charge is 2.46. The Morgan fingerprint density at radius 2 is 2.10 bits per heavy atom. The van der Waals surface area contributed by atoms with Crippen molar-refractivity contribution in [2.45, 2.75) is 38.2 Å². The lowest BCUT2D eigenvalue weighted by Gasteiger charge is -2.52. The fourth-order valence-corrected chi connectivity index (χ4v) is 3.72. The maximum absolute atomic E-state index is 10.7. The molecule has 1 aromatic rings. The van der Waals surface area contributed by atoms with Crippen LogP contribution in [0.15, 0.2) is 18.3 Å². The number of aliphatic hydroxyl groups is 1. The van der Waals surface area contributed by atoms with E-state index in [0.29, 0.717) is 11.8 Å². The third kappa shape index (κ3) is 2.92. The summed E-state index contributed by atoms with van der Waals surface area (Å²) < 4.78 is 0. The number of pyridine rings is 1. The number of hydrogen-bond acceptors (Lipinski definition) is 4. The Labute approximate surface area is 127 Å². The molecule has 0 spiro atoms. The van der Waals surface area contributed by atoms with Gasteiger partial charge in [-0.1, -0.05) is 13.8 Å². The molecule has 0 aromatic carbocycles. The van der Waals surface area contributed by atoms with Gasteiger partial charge in [-0.3, -0.25) is 4.98 Å². The summed E-state index contributed by atoms with van der Waals surface area (Å²) in [6.07, 6.45) is 4.29. The van der Waals surface area contributed by atoms with Crippen LogP contribution in [0.5, 0.6) is 0 Å². The molecular weight excluding hydrogens is 262 g/mol. The van der Waals surface area contributed by atoms with E-state index in [-0.39, 0.29) is 0 Å². The van der Waals surface area contributed by atoms with Gasteiger partial charge >= 0.3 is 0 Å². The van der Waals surface area contributed by atoms with Crippen molar-refractivity contribution >= 4 is 5.69 Å². The number of piperidine rings is 1. The summed E-state index contributed by atoms with van der Waals surface area (Å²) in [7, 11) is 2.07. The SMILES string of the molecule is CC(C)c1ccc(N2CCCC(C3(O)CN(C)C3)C2)cn1. The van der Waals surface area contributed by atoms with E-state index in [9.17, 15) is 5.11 Å². The van der Waals surface area contributed by atoms with Crippen molar-refractivity contribution in [1.82, 2.24) is 9.88 Å². The van der Waals surface area contributed by atoms with Crippen LogP contribution < -0.4 is 4.90 Å². The van der Waals surface area contributed by atoms with Crippen molar-refractivity contribution in [3.05, 3.63) is 24.0 Å². The lowest BCUT2D eigenvalue weighted by Crippen LogP contribution is -2.66. The summed E-state index contributed by atoms with van der Waals surface area (Å²) in [5.74, 6) is 0.853. The zero-order valence-corrected chi connectivity index (χ0v) is 13.4. The monoisotopic (exact) mass is 289 g/mol. The average molecular weight is 289 g/mol. The first-order valence-electron chi connectivity index (χ1n) is 8.10. The summed E-state index contributed by atoms with van der Waals surface area (Å²) in [6.45, 7) is 7.99. The van der Waals surface area contributed by atoms with Gasteiger partial charge in [0.05, 0.1) is 17.5 Å². The molecule has 2 aliphatic heterocycles. The molecule has 4 nitrogen and oxygen atoms in total. The van der Waals surface area contributed by atoms with Crippen molar-refractivity contribution in [3.8, 4) is 0 Å². The number of aromatic nitrogens is 1. The molecule has 1 aromatic heterocycles. The van der Waals surface area contributed by atoms with E-state index in [1.807, 2.05) is 6.20 Å². The van der Waals surface area contributed by atoms with Gasteiger partial charge in [-0.05, 0) is 37.9 Å².